The van der Waals surface area contributed by atoms with Gasteiger partial charge in [0.25, 0.3) is 5.91 Å². The third-order valence-electron chi connectivity index (χ3n) is 4.22. The number of nitrogens with zero attached hydrogens (tertiary/aromatic N) is 2. The summed E-state index contributed by atoms with van der Waals surface area (Å²) < 4.78 is 11.2. The van der Waals surface area contributed by atoms with Crippen molar-refractivity contribution in [3.63, 3.8) is 0 Å². The molecule has 0 atom stereocenters. The second kappa shape index (κ2) is 10.8. The summed E-state index contributed by atoms with van der Waals surface area (Å²) in [7, 11) is 0. The lowest BCUT2D eigenvalue weighted by atomic mass is 10.1. The van der Waals surface area contributed by atoms with Crippen LogP contribution in [0, 0.1) is 0 Å². The molecule has 2 aromatic carbocycles. The fraction of sp³-hybridized carbons (Fsp3) is 0.348. The van der Waals surface area contributed by atoms with Crippen molar-refractivity contribution in [2.75, 3.05) is 11.9 Å². The molecule has 0 unspecified atom stereocenters. The molecule has 1 heterocycles. The normalized spacial score (nSPS) is 10.9. The van der Waals surface area contributed by atoms with E-state index in [0.29, 0.717) is 29.7 Å². The Morgan fingerprint density at radius 1 is 1.10 bits per heavy atom. The number of aromatic nitrogens is 2. The van der Waals surface area contributed by atoms with Crippen LogP contribution in [0.15, 0.2) is 57.8 Å². The Labute approximate surface area is 181 Å². The minimum atomic E-state index is -0.305. The SMILES string of the molecule is CCCCOc1ccc(C(=O)Nc2nnc(Cc3ccc(SC(C)C)cc3)o2)cc1. The summed E-state index contributed by atoms with van der Waals surface area (Å²) in [5.41, 5.74) is 1.57. The zero-order valence-corrected chi connectivity index (χ0v) is 18.4. The summed E-state index contributed by atoms with van der Waals surface area (Å²) in [6.45, 7) is 7.12. The van der Waals surface area contributed by atoms with E-state index in [9.17, 15) is 4.79 Å². The minimum absolute atomic E-state index is 0.0882. The van der Waals surface area contributed by atoms with Crippen molar-refractivity contribution in [2.45, 2.75) is 50.2 Å². The molecule has 0 aliphatic carbocycles. The van der Waals surface area contributed by atoms with Gasteiger partial charge in [-0.25, -0.2) is 0 Å². The standard InChI is InChI=1S/C23H27N3O3S/c1-4-5-14-28-19-10-8-18(9-11-19)22(27)24-23-26-25-21(29-23)15-17-6-12-20(13-7-17)30-16(2)3/h6-13,16H,4-5,14-15H2,1-3H3,(H,24,26,27). The average Bonchev–Trinajstić information content (AvgIpc) is 3.16. The Morgan fingerprint density at radius 3 is 2.50 bits per heavy atom. The number of hydrogen-bond acceptors (Lipinski definition) is 6. The molecule has 0 spiro atoms. The molecule has 30 heavy (non-hydrogen) atoms. The zero-order valence-electron chi connectivity index (χ0n) is 17.6. The summed E-state index contributed by atoms with van der Waals surface area (Å²) in [6.07, 6.45) is 2.59. The molecule has 0 radical (unpaired) electrons. The number of unbranched alkanes of at least 4 members (excludes halogenated alkanes) is 1. The highest BCUT2D eigenvalue weighted by atomic mass is 32.2. The first kappa shape index (κ1) is 21.9. The molecule has 0 aliphatic rings. The first-order valence-corrected chi connectivity index (χ1v) is 11.0. The lowest BCUT2D eigenvalue weighted by molar-refractivity contribution is 0.102. The van der Waals surface area contributed by atoms with Gasteiger partial charge in [0.05, 0.1) is 13.0 Å². The smallest absolute Gasteiger partial charge is 0.322 e. The molecular formula is C23H27N3O3S. The Morgan fingerprint density at radius 2 is 1.83 bits per heavy atom. The van der Waals surface area contributed by atoms with E-state index >= 15 is 0 Å². The highest BCUT2D eigenvalue weighted by Crippen LogP contribution is 2.23. The first-order valence-electron chi connectivity index (χ1n) is 10.2. The van der Waals surface area contributed by atoms with Crippen LogP contribution in [0.25, 0.3) is 0 Å². The molecule has 1 amide bonds. The summed E-state index contributed by atoms with van der Waals surface area (Å²) in [5.74, 6) is 0.896. The van der Waals surface area contributed by atoms with Crippen LogP contribution in [0.4, 0.5) is 6.01 Å². The van der Waals surface area contributed by atoms with Crippen molar-refractivity contribution in [3.05, 3.63) is 65.5 Å². The van der Waals surface area contributed by atoms with Crippen LogP contribution in [0.1, 0.15) is 55.4 Å². The van der Waals surface area contributed by atoms with E-state index in [-0.39, 0.29) is 11.9 Å². The van der Waals surface area contributed by atoms with Gasteiger partial charge in [-0.15, -0.1) is 16.9 Å². The van der Waals surface area contributed by atoms with Crippen molar-refractivity contribution >= 4 is 23.7 Å². The maximum atomic E-state index is 12.4. The molecule has 6 nitrogen and oxygen atoms in total. The molecule has 1 N–H and O–H groups in total. The van der Waals surface area contributed by atoms with Gasteiger partial charge in [0.1, 0.15) is 5.75 Å². The van der Waals surface area contributed by atoms with Crippen LogP contribution in [0.2, 0.25) is 0 Å². The highest BCUT2D eigenvalue weighted by Gasteiger charge is 2.12. The highest BCUT2D eigenvalue weighted by molar-refractivity contribution is 7.99. The molecule has 0 fully saturated rings. The minimum Gasteiger partial charge on any atom is -0.494 e. The molecule has 0 saturated carbocycles. The van der Waals surface area contributed by atoms with E-state index in [0.717, 1.165) is 24.2 Å². The average molecular weight is 426 g/mol. The van der Waals surface area contributed by atoms with Gasteiger partial charge in [-0.2, -0.15) is 0 Å². The Kier molecular flexibility index (Phi) is 7.90. The van der Waals surface area contributed by atoms with E-state index < -0.39 is 0 Å². The van der Waals surface area contributed by atoms with Crippen molar-refractivity contribution < 1.29 is 13.9 Å². The van der Waals surface area contributed by atoms with Crippen LogP contribution < -0.4 is 10.1 Å². The molecule has 3 aromatic rings. The molecule has 7 heteroatoms. The summed E-state index contributed by atoms with van der Waals surface area (Å²) >= 11 is 1.82. The Hall–Kier alpha value is -2.80. The number of benzene rings is 2. The van der Waals surface area contributed by atoms with Gasteiger partial charge in [-0.05, 0) is 48.4 Å². The van der Waals surface area contributed by atoms with Crippen LogP contribution in [0.3, 0.4) is 0 Å². The number of carbonyl (C=O) groups is 1. The van der Waals surface area contributed by atoms with Gasteiger partial charge in [0, 0.05) is 15.7 Å². The van der Waals surface area contributed by atoms with Gasteiger partial charge in [0.2, 0.25) is 5.89 Å². The van der Waals surface area contributed by atoms with Crippen LogP contribution in [-0.2, 0) is 6.42 Å². The number of ether oxygens (including phenoxy) is 1. The monoisotopic (exact) mass is 425 g/mol. The topological polar surface area (TPSA) is 77.2 Å². The number of anilines is 1. The van der Waals surface area contributed by atoms with Crippen molar-refractivity contribution in [1.29, 1.82) is 0 Å². The number of carbonyl (C=O) groups excluding carboxylic acids is 1. The summed E-state index contributed by atoms with van der Waals surface area (Å²) in [5, 5.41) is 11.1. The second-order valence-corrected chi connectivity index (χ2v) is 8.82. The Balaban J connectivity index is 1.54. The number of rotatable bonds is 10. The number of nitrogens with one attached hydrogen (secondary N) is 1. The maximum Gasteiger partial charge on any atom is 0.322 e. The van der Waals surface area contributed by atoms with Gasteiger partial charge < -0.3 is 9.15 Å². The molecule has 1 aromatic heterocycles. The lowest BCUT2D eigenvalue weighted by Gasteiger charge is -2.06. The molecule has 0 saturated heterocycles. The summed E-state index contributed by atoms with van der Waals surface area (Å²) in [4.78, 5) is 13.6. The fourth-order valence-corrected chi connectivity index (χ4v) is 3.55. The van der Waals surface area contributed by atoms with Gasteiger partial charge in [-0.1, -0.05) is 44.4 Å². The number of hydrogen-bond donors (Lipinski definition) is 1. The maximum absolute atomic E-state index is 12.4. The van der Waals surface area contributed by atoms with Crippen molar-refractivity contribution in [2.24, 2.45) is 0 Å². The van der Waals surface area contributed by atoms with E-state index in [1.807, 2.05) is 11.8 Å². The quantitative estimate of drug-likeness (QED) is 0.337. The van der Waals surface area contributed by atoms with Crippen molar-refractivity contribution in [1.82, 2.24) is 10.2 Å². The van der Waals surface area contributed by atoms with E-state index in [1.54, 1.807) is 24.3 Å². The predicted octanol–water partition coefficient (Wildman–Crippen LogP) is 5.59. The predicted molar refractivity (Wildman–Crippen MR) is 119 cm³/mol. The molecule has 158 valence electrons. The molecular weight excluding hydrogens is 398 g/mol. The lowest BCUT2D eigenvalue weighted by Crippen LogP contribution is -2.12. The van der Waals surface area contributed by atoms with Crippen molar-refractivity contribution in [3.8, 4) is 5.75 Å². The molecule has 0 aliphatic heterocycles. The molecule has 3 rings (SSSR count). The first-order chi connectivity index (χ1) is 14.5. The third kappa shape index (κ3) is 6.62. The summed E-state index contributed by atoms with van der Waals surface area (Å²) in [6, 6.07) is 15.4. The van der Waals surface area contributed by atoms with E-state index in [1.165, 1.54) is 4.90 Å². The van der Waals surface area contributed by atoms with Gasteiger partial charge in [0.15, 0.2) is 0 Å². The van der Waals surface area contributed by atoms with Crippen LogP contribution in [0.5, 0.6) is 5.75 Å². The fourth-order valence-electron chi connectivity index (χ4n) is 2.71. The van der Waals surface area contributed by atoms with E-state index in [2.05, 4.69) is 60.6 Å². The largest absolute Gasteiger partial charge is 0.494 e. The Bertz CT molecular complexity index is 937. The number of amides is 1. The molecule has 0 bridgehead atoms. The second-order valence-electron chi connectivity index (χ2n) is 7.17. The number of thioether (sulfide) groups is 1. The van der Waals surface area contributed by atoms with E-state index in [4.69, 9.17) is 9.15 Å². The van der Waals surface area contributed by atoms with Gasteiger partial charge in [-0.3, -0.25) is 10.1 Å². The third-order valence-corrected chi connectivity index (χ3v) is 5.24. The van der Waals surface area contributed by atoms with Crippen LogP contribution in [-0.4, -0.2) is 28.0 Å². The van der Waals surface area contributed by atoms with Gasteiger partial charge >= 0.3 is 6.01 Å². The zero-order chi connectivity index (χ0) is 21.3. The van der Waals surface area contributed by atoms with Crippen LogP contribution >= 0.6 is 11.8 Å².